The van der Waals surface area contributed by atoms with Crippen LogP contribution in [0, 0.1) is 0 Å². The molecule has 1 aliphatic rings. The van der Waals surface area contributed by atoms with Gasteiger partial charge in [-0.25, -0.2) is 0 Å². The molecule has 0 N–H and O–H groups in total. The molecule has 0 spiro atoms. The minimum atomic E-state index is 0.701. The minimum absolute atomic E-state index is 0.701. The van der Waals surface area contributed by atoms with E-state index in [0.717, 1.165) is 23.7 Å². The number of nitrogens with zero attached hydrogens (tertiary/aromatic N) is 1. The molecule has 0 radical (unpaired) electrons. The maximum atomic E-state index is 5.74. The molecule has 1 heterocycles. The van der Waals surface area contributed by atoms with Crippen LogP contribution in [-0.2, 0) is 0 Å². The SMILES string of the molecule is CN1CCCC1CCOc1ccccc1S. The number of likely N-dealkylation sites (tertiary alicyclic amines) is 1. The average Bonchev–Trinajstić information content (AvgIpc) is 2.67. The summed E-state index contributed by atoms with van der Waals surface area (Å²) < 4.78 is 5.74. The normalized spacial score (nSPS) is 21.2. The molecular weight excluding hydrogens is 218 g/mol. The number of para-hydroxylation sites is 1. The van der Waals surface area contributed by atoms with Gasteiger partial charge < -0.3 is 9.64 Å². The predicted molar refractivity (Wildman–Crippen MR) is 69.5 cm³/mol. The van der Waals surface area contributed by atoms with Gasteiger partial charge in [-0.3, -0.25) is 0 Å². The van der Waals surface area contributed by atoms with Gasteiger partial charge in [0, 0.05) is 10.9 Å². The summed E-state index contributed by atoms with van der Waals surface area (Å²) in [6, 6.07) is 8.59. The van der Waals surface area contributed by atoms with E-state index >= 15 is 0 Å². The van der Waals surface area contributed by atoms with Gasteiger partial charge in [0.15, 0.2) is 0 Å². The largest absolute Gasteiger partial charge is 0.492 e. The van der Waals surface area contributed by atoms with Crippen LogP contribution in [0.4, 0.5) is 0 Å². The van der Waals surface area contributed by atoms with Crippen molar-refractivity contribution in [3.63, 3.8) is 0 Å². The average molecular weight is 237 g/mol. The van der Waals surface area contributed by atoms with Crippen LogP contribution in [-0.4, -0.2) is 31.1 Å². The first kappa shape index (κ1) is 11.8. The van der Waals surface area contributed by atoms with Gasteiger partial charge in [-0.05, 0) is 45.0 Å². The molecule has 1 atom stereocenters. The Morgan fingerprint density at radius 1 is 1.44 bits per heavy atom. The molecule has 0 saturated carbocycles. The lowest BCUT2D eigenvalue weighted by Crippen LogP contribution is -2.26. The van der Waals surface area contributed by atoms with Gasteiger partial charge in [0.25, 0.3) is 0 Å². The van der Waals surface area contributed by atoms with Gasteiger partial charge in [-0.1, -0.05) is 12.1 Å². The lowest BCUT2D eigenvalue weighted by atomic mass is 10.1. The zero-order valence-electron chi connectivity index (χ0n) is 9.72. The molecule has 1 fully saturated rings. The van der Waals surface area contributed by atoms with Crippen LogP contribution in [0.15, 0.2) is 29.2 Å². The second kappa shape index (κ2) is 5.60. The summed E-state index contributed by atoms with van der Waals surface area (Å²) in [4.78, 5) is 3.35. The molecule has 1 aromatic carbocycles. The number of rotatable bonds is 4. The summed E-state index contributed by atoms with van der Waals surface area (Å²) in [6.07, 6.45) is 3.74. The minimum Gasteiger partial charge on any atom is -0.492 e. The van der Waals surface area contributed by atoms with Crippen LogP contribution < -0.4 is 4.74 Å². The molecule has 16 heavy (non-hydrogen) atoms. The Morgan fingerprint density at radius 3 is 2.94 bits per heavy atom. The molecular formula is C13H19NOS. The number of benzene rings is 1. The highest BCUT2D eigenvalue weighted by Gasteiger charge is 2.20. The molecule has 1 saturated heterocycles. The quantitative estimate of drug-likeness (QED) is 0.808. The fourth-order valence-corrected chi connectivity index (χ4v) is 2.45. The van der Waals surface area contributed by atoms with E-state index in [9.17, 15) is 0 Å². The van der Waals surface area contributed by atoms with Crippen molar-refractivity contribution in [1.29, 1.82) is 0 Å². The molecule has 0 bridgehead atoms. The highest BCUT2D eigenvalue weighted by Crippen LogP contribution is 2.23. The Morgan fingerprint density at radius 2 is 2.25 bits per heavy atom. The van der Waals surface area contributed by atoms with E-state index in [0.29, 0.717) is 6.04 Å². The molecule has 88 valence electrons. The molecule has 3 heteroatoms. The van der Waals surface area contributed by atoms with E-state index in [1.54, 1.807) is 0 Å². The second-order valence-electron chi connectivity index (χ2n) is 4.38. The lowest BCUT2D eigenvalue weighted by Gasteiger charge is -2.19. The fraction of sp³-hybridized carbons (Fsp3) is 0.538. The van der Waals surface area contributed by atoms with Crippen LogP contribution in [0.3, 0.4) is 0 Å². The first-order chi connectivity index (χ1) is 7.77. The van der Waals surface area contributed by atoms with Crippen molar-refractivity contribution in [2.75, 3.05) is 20.2 Å². The third kappa shape index (κ3) is 2.92. The summed E-state index contributed by atoms with van der Waals surface area (Å²) in [5.41, 5.74) is 0. The smallest absolute Gasteiger partial charge is 0.132 e. The van der Waals surface area contributed by atoms with Crippen molar-refractivity contribution in [2.45, 2.75) is 30.2 Å². The van der Waals surface area contributed by atoms with E-state index in [2.05, 4.69) is 24.6 Å². The summed E-state index contributed by atoms with van der Waals surface area (Å²) in [5, 5.41) is 0. The van der Waals surface area contributed by atoms with E-state index in [1.807, 2.05) is 24.3 Å². The zero-order valence-corrected chi connectivity index (χ0v) is 10.6. The van der Waals surface area contributed by atoms with Gasteiger partial charge in [0.1, 0.15) is 5.75 Å². The number of ether oxygens (including phenoxy) is 1. The third-order valence-corrected chi connectivity index (χ3v) is 3.61. The second-order valence-corrected chi connectivity index (χ2v) is 4.86. The molecule has 1 aliphatic heterocycles. The summed E-state index contributed by atoms with van der Waals surface area (Å²) in [6.45, 7) is 2.01. The summed E-state index contributed by atoms with van der Waals surface area (Å²) >= 11 is 4.36. The number of thiol groups is 1. The highest BCUT2D eigenvalue weighted by atomic mass is 32.1. The Hall–Kier alpha value is -0.670. The van der Waals surface area contributed by atoms with Gasteiger partial charge in [0.05, 0.1) is 6.61 Å². The molecule has 1 unspecified atom stereocenters. The maximum Gasteiger partial charge on any atom is 0.132 e. The van der Waals surface area contributed by atoms with Crippen LogP contribution in [0.5, 0.6) is 5.75 Å². The van der Waals surface area contributed by atoms with Crippen LogP contribution >= 0.6 is 12.6 Å². The molecule has 2 nitrogen and oxygen atoms in total. The van der Waals surface area contributed by atoms with E-state index in [4.69, 9.17) is 4.74 Å². The van der Waals surface area contributed by atoms with Crippen LogP contribution in [0.1, 0.15) is 19.3 Å². The van der Waals surface area contributed by atoms with Crippen molar-refractivity contribution in [2.24, 2.45) is 0 Å². The number of hydrogen-bond donors (Lipinski definition) is 1. The number of hydrogen-bond acceptors (Lipinski definition) is 3. The standard InChI is InChI=1S/C13H19NOS/c1-14-9-4-5-11(14)8-10-15-12-6-2-3-7-13(12)16/h2-3,6-7,11,16H,4-5,8-10H2,1H3. The Kier molecular flexibility index (Phi) is 4.13. The van der Waals surface area contributed by atoms with Gasteiger partial charge in [-0.2, -0.15) is 0 Å². The van der Waals surface area contributed by atoms with Crippen molar-refractivity contribution in [3.05, 3.63) is 24.3 Å². The van der Waals surface area contributed by atoms with Crippen molar-refractivity contribution < 1.29 is 4.74 Å². The van der Waals surface area contributed by atoms with Crippen molar-refractivity contribution in [3.8, 4) is 5.75 Å². The molecule has 1 aromatic rings. The molecule has 0 aromatic heterocycles. The first-order valence-electron chi connectivity index (χ1n) is 5.88. The van der Waals surface area contributed by atoms with Crippen LogP contribution in [0.25, 0.3) is 0 Å². The third-order valence-electron chi connectivity index (χ3n) is 3.25. The topological polar surface area (TPSA) is 12.5 Å². The van der Waals surface area contributed by atoms with E-state index in [-0.39, 0.29) is 0 Å². The lowest BCUT2D eigenvalue weighted by molar-refractivity contribution is 0.230. The molecule has 0 amide bonds. The Balaban J connectivity index is 1.78. The van der Waals surface area contributed by atoms with Crippen molar-refractivity contribution >= 4 is 12.6 Å². The van der Waals surface area contributed by atoms with Gasteiger partial charge >= 0.3 is 0 Å². The fourth-order valence-electron chi connectivity index (χ4n) is 2.23. The molecule has 2 rings (SSSR count). The van der Waals surface area contributed by atoms with Gasteiger partial charge in [0.2, 0.25) is 0 Å². The van der Waals surface area contributed by atoms with E-state index < -0.39 is 0 Å². The zero-order chi connectivity index (χ0) is 11.4. The highest BCUT2D eigenvalue weighted by molar-refractivity contribution is 7.80. The summed E-state index contributed by atoms with van der Waals surface area (Å²) in [7, 11) is 2.20. The first-order valence-corrected chi connectivity index (χ1v) is 6.33. The molecule has 0 aliphatic carbocycles. The Labute approximate surface area is 103 Å². The van der Waals surface area contributed by atoms with Gasteiger partial charge in [-0.15, -0.1) is 12.6 Å². The van der Waals surface area contributed by atoms with Crippen LogP contribution in [0.2, 0.25) is 0 Å². The maximum absolute atomic E-state index is 5.74. The van der Waals surface area contributed by atoms with Crippen molar-refractivity contribution in [1.82, 2.24) is 4.90 Å². The Bertz CT molecular complexity index is 342. The van der Waals surface area contributed by atoms with E-state index in [1.165, 1.54) is 19.4 Å². The summed E-state index contributed by atoms with van der Waals surface area (Å²) in [5.74, 6) is 0.895. The predicted octanol–water partition coefficient (Wildman–Crippen LogP) is 2.84. The monoisotopic (exact) mass is 237 g/mol.